The molecule has 2 aliphatic carbocycles. The van der Waals surface area contributed by atoms with Gasteiger partial charge in [0.25, 0.3) is 0 Å². The van der Waals surface area contributed by atoms with E-state index in [1.807, 2.05) is 25.1 Å². The van der Waals surface area contributed by atoms with Crippen molar-refractivity contribution in [2.24, 2.45) is 17.3 Å². The quantitative estimate of drug-likeness (QED) is 0.295. The van der Waals surface area contributed by atoms with Crippen LogP contribution in [0.1, 0.15) is 120 Å². The Morgan fingerprint density at radius 1 is 1.19 bits per heavy atom. The van der Waals surface area contributed by atoms with E-state index >= 15 is 0 Å². The number of carboxylic acids is 1. The Hall–Kier alpha value is -2.21. The van der Waals surface area contributed by atoms with Crippen molar-refractivity contribution in [3.8, 4) is 0 Å². The van der Waals surface area contributed by atoms with Crippen LogP contribution in [0.2, 0.25) is 5.02 Å². The number of carbonyl (C=O) groups excluding carboxylic acids is 1. The van der Waals surface area contributed by atoms with Crippen LogP contribution in [0.15, 0.2) is 18.2 Å². The maximum absolute atomic E-state index is 13.2. The summed E-state index contributed by atoms with van der Waals surface area (Å²) >= 11 is 6.38. The van der Waals surface area contributed by atoms with Gasteiger partial charge in [0.2, 0.25) is 0 Å². The Morgan fingerprint density at radius 2 is 1.89 bits per heavy atom. The van der Waals surface area contributed by atoms with Crippen molar-refractivity contribution < 1.29 is 14.7 Å². The fraction of sp³-hybridized carbons (Fsp3) is 0.667. The van der Waals surface area contributed by atoms with Gasteiger partial charge >= 0.3 is 5.97 Å². The predicted octanol–water partition coefficient (Wildman–Crippen LogP) is 7.29. The Morgan fingerprint density at radius 3 is 2.49 bits per heavy atom. The number of carbonyl (C=O) groups is 2. The lowest BCUT2D eigenvalue weighted by Crippen LogP contribution is -2.31. The second-order valence-electron chi connectivity index (χ2n) is 12.5. The van der Waals surface area contributed by atoms with Gasteiger partial charge in [0, 0.05) is 42.2 Å². The zero-order chi connectivity index (χ0) is 26.9. The standard InChI is InChI=1S/C30H42ClN3O3/c1-18(2)30(4,5)17-20-13-23(14-20)29-33-32-28(34(29)24-9-10-24)22(8-11-27(36)37)16-25(35)15-21-7-6-19(3)12-26(21)31/h6-7,12,18,20,22-24H,8-11,13-17H2,1-5H3,(H,36,37)/t20?,22-,23?/m0/s1. The van der Waals surface area contributed by atoms with Crippen LogP contribution >= 0.6 is 11.6 Å². The normalized spacial score (nSPS) is 20.6. The van der Waals surface area contributed by atoms with E-state index in [1.165, 1.54) is 6.42 Å². The summed E-state index contributed by atoms with van der Waals surface area (Å²) in [6.45, 7) is 11.3. The topological polar surface area (TPSA) is 85.1 Å². The van der Waals surface area contributed by atoms with E-state index in [0.29, 0.717) is 40.7 Å². The fourth-order valence-corrected chi connectivity index (χ4v) is 5.95. The molecule has 0 aliphatic heterocycles. The molecule has 1 heterocycles. The number of benzene rings is 1. The number of ketones is 1. The van der Waals surface area contributed by atoms with Gasteiger partial charge < -0.3 is 9.67 Å². The van der Waals surface area contributed by atoms with Crippen molar-refractivity contribution in [1.82, 2.24) is 14.8 Å². The molecular weight excluding hydrogens is 486 g/mol. The van der Waals surface area contributed by atoms with Gasteiger partial charge in [-0.05, 0) is 79.9 Å². The number of aromatic nitrogens is 3. The molecule has 0 radical (unpaired) electrons. The molecule has 7 heteroatoms. The third-order valence-electron chi connectivity index (χ3n) is 8.78. The molecule has 2 fully saturated rings. The molecule has 0 amide bonds. The smallest absolute Gasteiger partial charge is 0.303 e. The SMILES string of the molecule is Cc1ccc(CC(=O)C[C@H](CCC(=O)O)c2nnc(C3CC(CC(C)(C)C(C)C)C3)n2C2CC2)c(Cl)c1. The first-order valence-electron chi connectivity index (χ1n) is 13.9. The van der Waals surface area contributed by atoms with Crippen LogP contribution in [0.25, 0.3) is 0 Å². The summed E-state index contributed by atoms with van der Waals surface area (Å²) in [5.41, 5.74) is 2.19. The number of nitrogens with zero attached hydrogens (tertiary/aromatic N) is 3. The van der Waals surface area contributed by atoms with E-state index in [2.05, 4.69) is 42.5 Å². The zero-order valence-electron chi connectivity index (χ0n) is 23.0. The first-order valence-corrected chi connectivity index (χ1v) is 14.3. The van der Waals surface area contributed by atoms with Gasteiger partial charge in [-0.2, -0.15) is 0 Å². The molecule has 37 heavy (non-hydrogen) atoms. The minimum absolute atomic E-state index is 0.00584. The Bertz CT molecular complexity index is 1130. The Kier molecular flexibility index (Phi) is 8.47. The van der Waals surface area contributed by atoms with Gasteiger partial charge in [-0.1, -0.05) is 51.4 Å². The molecular formula is C30H42ClN3O3. The third-order valence-corrected chi connectivity index (χ3v) is 9.13. The number of aliphatic carboxylic acids is 1. The molecule has 6 nitrogen and oxygen atoms in total. The number of aryl methyl sites for hydroxylation is 1. The summed E-state index contributed by atoms with van der Waals surface area (Å²) < 4.78 is 2.28. The molecule has 2 aromatic rings. The molecule has 2 aliphatic rings. The second-order valence-corrected chi connectivity index (χ2v) is 13.0. The molecule has 1 aromatic heterocycles. The van der Waals surface area contributed by atoms with Crippen molar-refractivity contribution in [2.75, 3.05) is 0 Å². The van der Waals surface area contributed by atoms with Crippen molar-refractivity contribution in [1.29, 1.82) is 0 Å². The minimum Gasteiger partial charge on any atom is -0.481 e. The molecule has 1 aromatic carbocycles. The summed E-state index contributed by atoms with van der Waals surface area (Å²) in [5, 5.41) is 19.3. The van der Waals surface area contributed by atoms with Crippen LogP contribution in [0.5, 0.6) is 0 Å². The molecule has 2 saturated carbocycles. The summed E-state index contributed by atoms with van der Waals surface area (Å²) in [7, 11) is 0. The molecule has 0 bridgehead atoms. The number of hydrogen-bond donors (Lipinski definition) is 1. The van der Waals surface area contributed by atoms with Crippen LogP contribution in [0.3, 0.4) is 0 Å². The third kappa shape index (κ3) is 6.81. The van der Waals surface area contributed by atoms with Crippen molar-refractivity contribution in [3.05, 3.63) is 46.0 Å². The maximum atomic E-state index is 13.2. The van der Waals surface area contributed by atoms with Crippen LogP contribution < -0.4 is 0 Å². The van der Waals surface area contributed by atoms with E-state index in [-0.39, 0.29) is 31.0 Å². The van der Waals surface area contributed by atoms with Gasteiger partial charge in [-0.25, -0.2) is 0 Å². The molecule has 0 saturated heterocycles. The average molecular weight is 528 g/mol. The molecule has 4 rings (SSSR count). The van der Waals surface area contributed by atoms with Crippen LogP contribution in [0.4, 0.5) is 0 Å². The minimum atomic E-state index is -0.855. The highest BCUT2D eigenvalue weighted by Gasteiger charge is 2.41. The largest absolute Gasteiger partial charge is 0.481 e. The van der Waals surface area contributed by atoms with Crippen LogP contribution in [-0.4, -0.2) is 31.6 Å². The predicted molar refractivity (Wildman–Crippen MR) is 146 cm³/mol. The number of rotatable bonds is 13. The first kappa shape index (κ1) is 27.8. The fourth-order valence-electron chi connectivity index (χ4n) is 5.65. The lowest BCUT2D eigenvalue weighted by Gasteiger charge is -2.41. The zero-order valence-corrected chi connectivity index (χ0v) is 23.7. The summed E-state index contributed by atoms with van der Waals surface area (Å²) in [6.07, 6.45) is 6.54. The summed E-state index contributed by atoms with van der Waals surface area (Å²) in [6, 6.07) is 6.11. The second kappa shape index (κ2) is 11.3. The van der Waals surface area contributed by atoms with E-state index in [9.17, 15) is 14.7 Å². The number of halogens is 1. The lowest BCUT2D eigenvalue weighted by atomic mass is 9.65. The number of carboxylic acid groups (broad SMARTS) is 1. The summed E-state index contributed by atoms with van der Waals surface area (Å²) in [5.74, 6) is 2.54. The Labute approximate surface area is 226 Å². The van der Waals surface area contributed by atoms with Crippen LogP contribution in [0, 0.1) is 24.2 Å². The number of Topliss-reactive ketones (excluding diaryl/α,β-unsaturated/α-hetero) is 1. The highest BCUT2D eigenvalue weighted by atomic mass is 35.5. The van der Waals surface area contributed by atoms with Gasteiger partial charge in [0.1, 0.15) is 17.4 Å². The highest BCUT2D eigenvalue weighted by Crippen LogP contribution is 2.50. The lowest BCUT2D eigenvalue weighted by molar-refractivity contribution is -0.137. The molecule has 1 atom stereocenters. The van der Waals surface area contributed by atoms with E-state index in [0.717, 1.165) is 48.5 Å². The van der Waals surface area contributed by atoms with Gasteiger partial charge in [-0.3, -0.25) is 9.59 Å². The van der Waals surface area contributed by atoms with Gasteiger partial charge in [0.15, 0.2) is 0 Å². The van der Waals surface area contributed by atoms with E-state index in [4.69, 9.17) is 11.6 Å². The first-order chi connectivity index (χ1) is 17.4. The highest BCUT2D eigenvalue weighted by molar-refractivity contribution is 6.31. The van der Waals surface area contributed by atoms with Crippen molar-refractivity contribution in [2.45, 2.75) is 110 Å². The Balaban J connectivity index is 1.50. The van der Waals surface area contributed by atoms with Gasteiger partial charge in [-0.15, -0.1) is 10.2 Å². The average Bonchev–Trinajstić information content (AvgIpc) is 3.53. The molecule has 0 unspecified atom stereocenters. The molecule has 202 valence electrons. The van der Waals surface area contributed by atoms with Crippen molar-refractivity contribution >= 4 is 23.4 Å². The van der Waals surface area contributed by atoms with E-state index in [1.54, 1.807) is 0 Å². The number of hydrogen-bond acceptors (Lipinski definition) is 4. The van der Waals surface area contributed by atoms with Crippen molar-refractivity contribution in [3.63, 3.8) is 0 Å². The van der Waals surface area contributed by atoms with E-state index < -0.39 is 5.97 Å². The summed E-state index contributed by atoms with van der Waals surface area (Å²) in [4.78, 5) is 24.6. The van der Waals surface area contributed by atoms with Gasteiger partial charge in [0.05, 0.1) is 0 Å². The molecule has 1 N–H and O–H groups in total. The molecule has 0 spiro atoms. The maximum Gasteiger partial charge on any atom is 0.303 e. The van der Waals surface area contributed by atoms with Crippen LogP contribution in [-0.2, 0) is 16.0 Å². The monoisotopic (exact) mass is 527 g/mol.